The molecule has 1 aromatic heterocycles. The van der Waals surface area contributed by atoms with Crippen LogP contribution in [0.25, 0.3) is 0 Å². The van der Waals surface area contributed by atoms with Crippen LogP contribution in [0.15, 0.2) is 0 Å². The molecule has 0 aliphatic heterocycles. The number of H-pyrrole nitrogens is 1. The van der Waals surface area contributed by atoms with Crippen LogP contribution in [0.4, 0.5) is 5.69 Å². The zero-order chi connectivity index (χ0) is 12.3. The number of nitrogens with two attached hydrogens (primary N) is 1. The van der Waals surface area contributed by atoms with E-state index in [0.29, 0.717) is 23.5 Å². The van der Waals surface area contributed by atoms with Crippen molar-refractivity contribution in [2.24, 2.45) is 5.73 Å². The van der Waals surface area contributed by atoms with Crippen molar-refractivity contribution in [1.29, 1.82) is 0 Å². The highest BCUT2D eigenvalue weighted by Gasteiger charge is 2.24. The SMILES string of the molecule is CCC(CN)S(=O)(=O)Nc1c(C)n[nH]c1C. The topological polar surface area (TPSA) is 101 Å². The van der Waals surface area contributed by atoms with E-state index in [4.69, 9.17) is 5.73 Å². The van der Waals surface area contributed by atoms with Gasteiger partial charge in [0.15, 0.2) is 0 Å². The van der Waals surface area contributed by atoms with Crippen molar-refractivity contribution in [3.8, 4) is 0 Å². The number of nitrogens with one attached hydrogen (secondary N) is 2. The highest BCUT2D eigenvalue weighted by Crippen LogP contribution is 2.19. The molecule has 0 bridgehead atoms. The Kier molecular flexibility index (Phi) is 3.93. The monoisotopic (exact) mass is 246 g/mol. The third kappa shape index (κ3) is 2.53. The fourth-order valence-corrected chi connectivity index (χ4v) is 2.88. The van der Waals surface area contributed by atoms with Crippen molar-refractivity contribution >= 4 is 15.7 Å². The molecule has 0 aliphatic carbocycles. The molecule has 1 aromatic rings. The molecule has 0 aliphatic rings. The molecule has 1 atom stereocenters. The van der Waals surface area contributed by atoms with Crippen molar-refractivity contribution in [1.82, 2.24) is 10.2 Å². The summed E-state index contributed by atoms with van der Waals surface area (Å²) < 4.78 is 26.4. The zero-order valence-corrected chi connectivity index (χ0v) is 10.6. The first-order valence-corrected chi connectivity index (χ1v) is 6.70. The van der Waals surface area contributed by atoms with Crippen molar-refractivity contribution < 1.29 is 8.42 Å². The lowest BCUT2D eigenvalue weighted by Gasteiger charge is -2.15. The summed E-state index contributed by atoms with van der Waals surface area (Å²) in [5, 5.41) is 6.09. The van der Waals surface area contributed by atoms with Crippen LogP contribution in [0.1, 0.15) is 24.7 Å². The summed E-state index contributed by atoms with van der Waals surface area (Å²) in [4.78, 5) is 0. The van der Waals surface area contributed by atoms with Gasteiger partial charge in [0.2, 0.25) is 10.0 Å². The van der Waals surface area contributed by atoms with Crippen LogP contribution in [0, 0.1) is 13.8 Å². The maximum atomic E-state index is 11.9. The molecule has 0 spiro atoms. The van der Waals surface area contributed by atoms with Crippen molar-refractivity contribution in [3.05, 3.63) is 11.4 Å². The van der Waals surface area contributed by atoms with Crippen LogP contribution >= 0.6 is 0 Å². The minimum absolute atomic E-state index is 0.113. The summed E-state index contributed by atoms with van der Waals surface area (Å²) in [6.45, 7) is 5.42. The van der Waals surface area contributed by atoms with Crippen LogP contribution in [-0.2, 0) is 10.0 Å². The van der Waals surface area contributed by atoms with E-state index in [1.807, 2.05) is 0 Å². The van der Waals surface area contributed by atoms with Crippen LogP contribution in [0.3, 0.4) is 0 Å². The second-order valence-electron chi connectivity index (χ2n) is 3.72. The average Bonchev–Trinajstić information content (AvgIpc) is 2.50. The molecule has 16 heavy (non-hydrogen) atoms. The van der Waals surface area contributed by atoms with Crippen LogP contribution in [0.2, 0.25) is 0 Å². The van der Waals surface area contributed by atoms with Gasteiger partial charge >= 0.3 is 0 Å². The predicted molar refractivity (Wildman–Crippen MR) is 63.7 cm³/mol. The number of nitrogens with zero attached hydrogens (tertiary/aromatic N) is 1. The van der Waals surface area contributed by atoms with E-state index < -0.39 is 15.3 Å². The van der Waals surface area contributed by atoms with Gasteiger partial charge in [-0.3, -0.25) is 9.82 Å². The van der Waals surface area contributed by atoms with Gasteiger partial charge in [0, 0.05) is 6.54 Å². The molecular formula is C9H18N4O2S. The summed E-state index contributed by atoms with van der Waals surface area (Å²) in [5.74, 6) is 0. The maximum absolute atomic E-state index is 11.9. The fourth-order valence-electron chi connectivity index (χ4n) is 1.44. The Balaban J connectivity index is 2.97. The molecule has 1 unspecified atom stereocenters. The zero-order valence-electron chi connectivity index (χ0n) is 9.74. The first-order chi connectivity index (χ1) is 7.42. The number of hydrogen-bond donors (Lipinski definition) is 3. The first-order valence-electron chi connectivity index (χ1n) is 5.15. The van der Waals surface area contributed by atoms with Gasteiger partial charge in [-0.25, -0.2) is 8.42 Å². The van der Waals surface area contributed by atoms with E-state index in [1.54, 1.807) is 20.8 Å². The van der Waals surface area contributed by atoms with Gasteiger partial charge in [-0.1, -0.05) is 6.92 Å². The molecule has 0 saturated heterocycles. The highest BCUT2D eigenvalue weighted by molar-refractivity contribution is 7.93. The highest BCUT2D eigenvalue weighted by atomic mass is 32.2. The van der Waals surface area contributed by atoms with E-state index in [1.165, 1.54) is 0 Å². The number of aryl methyl sites for hydroxylation is 2. The van der Waals surface area contributed by atoms with Gasteiger partial charge in [-0.05, 0) is 20.3 Å². The molecule has 4 N–H and O–H groups in total. The minimum Gasteiger partial charge on any atom is -0.329 e. The summed E-state index contributed by atoms with van der Waals surface area (Å²) >= 11 is 0. The Labute approximate surface area is 95.7 Å². The van der Waals surface area contributed by atoms with Gasteiger partial charge in [-0.15, -0.1) is 0 Å². The molecule has 92 valence electrons. The van der Waals surface area contributed by atoms with Crippen LogP contribution < -0.4 is 10.5 Å². The number of aromatic amines is 1. The third-order valence-corrected chi connectivity index (χ3v) is 4.42. The maximum Gasteiger partial charge on any atom is 0.236 e. The van der Waals surface area contributed by atoms with E-state index in [-0.39, 0.29) is 6.54 Å². The van der Waals surface area contributed by atoms with Crippen LogP contribution in [-0.4, -0.2) is 30.4 Å². The number of sulfonamides is 1. The largest absolute Gasteiger partial charge is 0.329 e. The van der Waals surface area contributed by atoms with Crippen molar-refractivity contribution in [2.45, 2.75) is 32.4 Å². The summed E-state index contributed by atoms with van der Waals surface area (Å²) in [5.41, 5.74) is 7.29. The van der Waals surface area contributed by atoms with E-state index in [9.17, 15) is 8.42 Å². The number of anilines is 1. The second kappa shape index (κ2) is 4.84. The molecular weight excluding hydrogens is 228 g/mol. The Morgan fingerprint density at radius 3 is 2.50 bits per heavy atom. The molecule has 0 fully saturated rings. The van der Waals surface area contributed by atoms with Crippen molar-refractivity contribution in [2.75, 3.05) is 11.3 Å². The molecule has 0 amide bonds. The second-order valence-corrected chi connectivity index (χ2v) is 5.68. The lowest BCUT2D eigenvalue weighted by molar-refractivity contribution is 0.581. The standard InChI is InChI=1S/C9H18N4O2S/c1-4-8(5-10)16(14,15)13-9-6(2)11-12-7(9)3/h8,13H,4-5,10H2,1-3H3,(H,11,12). The molecule has 1 rings (SSSR count). The average molecular weight is 246 g/mol. The lowest BCUT2D eigenvalue weighted by Crippen LogP contribution is -2.33. The van der Waals surface area contributed by atoms with E-state index in [0.717, 1.165) is 0 Å². The summed E-state index contributed by atoms with van der Waals surface area (Å²) in [7, 11) is -3.43. The Morgan fingerprint density at radius 2 is 2.12 bits per heavy atom. The smallest absolute Gasteiger partial charge is 0.236 e. The molecule has 1 heterocycles. The predicted octanol–water partition coefficient (Wildman–Crippen LogP) is 0.506. The normalized spacial score (nSPS) is 13.8. The summed E-state index contributed by atoms with van der Waals surface area (Å²) in [6, 6.07) is 0. The minimum atomic E-state index is -3.43. The Morgan fingerprint density at radius 1 is 1.50 bits per heavy atom. The van der Waals surface area contributed by atoms with Gasteiger partial charge in [0.25, 0.3) is 0 Å². The Hall–Kier alpha value is -1.08. The van der Waals surface area contributed by atoms with Gasteiger partial charge < -0.3 is 5.73 Å². The van der Waals surface area contributed by atoms with Gasteiger partial charge in [0.1, 0.15) is 0 Å². The third-order valence-electron chi connectivity index (χ3n) is 2.53. The number of rotatable bonds is 5. The van der Waals surface area contributed by atoms with E-state index in [2.05, 4.69) is 14.9 Å². The van der Waals surface area contributed by atoms with E-state index >= 15 is 0 Å². The van der Waals surface area contributed by atoms with Gasteiger partial charge in [-0.2, -0.15) is 5.10 Å². The van der Waals surface area contributed by atoms with Crippen molar-refractivity contribution in [3.63, 3.8) is 0 Å². The molecule has 0 aromatic carbocycles. The molecule has 6 nitrogen and oxygen atoms in total. The number of hydrogen-bond acceptors (Lipinski definition) is 4. The molecule has 7 heteroatoms. The first kappa shape index (κ1) is 13.0. The van der Waals surface area contributed by atoms with Crippen LogP contribution in [0.5, 0.6) is 0 Å². The van der Waals surface area contributed by atoms with Gasteiger partial charge in [0.05, 0.1) is 22.3 Å². The molecule has 0 saturated carbocycles. The summed E-state index contributed by atoms with van der Waals surface area (Å²) in [6.07, 6.45) is 0.488. The fraction of sp³-hybridized carbons (Fsp3) is 0.667. The quantitative estimate of drug-likeness (QED) is 0.704. The molecule has 0 radical (unpaired) electrons. The number of aromatic nitrogens is 2. The lowest BCUT2D eigenvalue weighted by atomic mass is 10.3. The Bertz CT molecular complexity index is 429.